The van der Waals surface area contributed by atoms with E-state index in [-0.39, 0.29) is 30.2 Å². The van der Waals surface area contributed by atoms with Crippen molar-refractivity contribution < 1.29 is 45.8 Å². The number of phenols is 1. The molecule has 172 valence electrons. The smallest absolute Gasteiger partial charge is 0.394 e. The molecule has 9 N–H and O–H groups in total. The molecule has 0 spiro atoms. The van der Waals surface area contributed by atoms with Crippen LogP contribution in [-0.4, -0.2) is 70.2 Å². The first-order chi connectivity index (χ1) is 12.9. The van der Waals surface area contributed by atoms with Crippen LogP contribution in [0.25, 0.3) is 0 Å². The minimum atomic E-state index is -4.67. The molecule has 0 bridgehead atoms. The number of hydrogen-bond acceptors (Lipinski definition) is 9. The van der Waals surface area contributed by atoms with Crippen LogP contribution in [0.1, 0.15) is 38.0 Å². The molecule has 0 aliphatic carbocycles. The van der Waals surface area contributed by atoms with Crippen LogP contribution in [-0.2, 0) is 27.1 Å². The number of nitrogens with two attached hydrogens (primary N) is 1. The molecule has 1 aromatic rings. The summed E-state index contributed by atoms with van der Waals surface area (Å²) in [7, 11) is -8.47. The molecule has 0 saturated heterocycles. The Morgan fingerprint density at radius 3 is 1.90 bits per heavy atom. The van der Waals surface area contributed by atoms with Gasteiger partial charge in [0, 0.05) is 24.2 Å². The molecule has 12 nitrogen and oxygen atoms in total. The summed E-state index contributed by atoms with van der Waals surface area (Å²) < 4.78 is 58.9. The molecule has 0 aromatic heterocycles. The van der Waals surface area contributed by atoms with Gasteiger partial charge in [0.25, 0.3) is 10.1 Å². The largest absolute Gasteiger partial charge is 0.508 e. The third kappa shape index (κ3) is 21.2. The van der Waals surface area contributed by atoms with Crippen LogP contribution in [0.15, 0.2) is 18.2 Å². The predicted octanol–water partition coefficient (Wildman–Crippen LogP) is -0.514. The zero-order valence-electron chi connectivity index (χ0n) is 16.3. The maximum atomic E-state index is 9.97. The highest BCUT2D eigenvalue weighted by molar-refractivity contribution is 7.85. The van der Waals surface area contributed by atoms with Gasteiger partial charge in [0.1, 0.15) is 5.75 Å². The third-order valence-corrected chi connectivity index (χ3v) is 3.61. The fraction of sp³-hybridized carbons (Fsp3) is 0.600. The quantitative estimate of drug-likeness (QED) is 0.250. The van der Waals surface area contributed by atoms with Crippen LogP contribution in [0.3, 0.4) is 0 Å². The molecular weight excluding hydrogens is 432 g/mol. The zero-order chi connectivity index (χ0) is 23.5. The van der Waals surface area contributed by atoms with Crippen molar-refractivity contribution in [2.24, 2.45) is 5.73 Å². The summed E-state index contributed by atoms with van der Waals surface area (Å²) in [6, 6.07) is 4.76. The van der Waals surface area contributed by atoms with Crippen molar-refractivity contribution in [2.75, 3.05) is 18.8 Å². The summed E-state index contributed by atoms with van der Waals surface area (Å²) in [5, 5.41) is 31.6. The molecule has 1 unspecified atom stereocenters. The van der Waals surface area contributed by atoms with Gasteiger partial charge in [-0.15, -0.1) is 0 Å². The van der Waals surface area contributed by atoms with Gasteiger partial charge in [0.2, 0.25) is 0 Å². The monoisotopic (exact) mass is 462 g/mol. The van der Waals surface area contributed by atoms with E-state index in [4.69, 9.17) is 32.9 Å². The molecule has 0 fully saturated rings. The van der Waals surface area contributed by atoms with E-state index in [0.29, 0.717) is 17.7 Å². The van der Waals surface area contributed by atoms with Gasteiger partial charge in [-0.25, -0.2) is 0 Å². The lowest BCUT2D eigenvalue weighted by Gasteiger charge is -2.23. The Kier molecular flexibility index (Phi) is 13.4. The molecule has 0 aliphatic rings. The molecule has 0 amide bonds. The maximum absolute atomic E-state index is 9.97. The highest BCUT2D eigenvalue weighted by Crippen LogP contribution is 2.22. The number of benzene rings is 1. The second-order valence-corrected chi connectivity index (χ2v) is 9.18. The van der Waals surface area contributed by atoms with Crippen molar-refractivity contribution >= 4 is 20.5 Å². The average molecular weight is 463 g/mol. The molecule has 0 heterocycles. The van der Waals surface area contributed by atoms with E-state index in [9.17, 15) is 18.6 Å². The van der Waals surface area contributed by atoms with Gasteiger partial charge in [-0.05, 0) is 38.5 Å². The van der Waals surface area contributed by atoms with Crippen LogP contribution < -0.4 is 11.1 Å². The van der Waals surface area contributed by atoms with Crippen LogP contribution in [0.5, 0.6) is 5.75 Å². The Morgan fingerprint density at radius 2 is 1.59 bits per heavy atom. The number of rotatable bonds is 6. The van der Waals surface area contributed by atoms with Gasteiger partial charge in [-0.3, -0.25) is 13.7 Å². The Morgan fingerprint density at radius 1 is 1.10 bits per heavy atom. The molecule has 1 aromatic carbocycles. The highest BCUT2D eigenvalue weighted by Gasteiger charge is 2.14. The highest BCUT2D eigenvalue weighted by atomic mass is 32.3. The van der Waals surface area contributed by atoms with Crippen LogP contribution in [0.2, 0.25) is 0 Å². The molecule has 29 heavy (non-hydrogen) atoms. The van der Waals surface area contributed by atoms with Crippen molar-refractivity contribution in [3.8, 4) is 5.75 Å². The fourth-order valence-electron chi connectivity index (χ4n) is 1.61. The normalized spacial score (nSPS) is 12.9. The van der Waals surface area contributed by atoms with Crippen molar-refractivity contribution in [3.63, 3.8) is 0 Å². The van der Waals surface area contributed by atoms with Gasteiger partial charge in [0.15, 0.2) is 0 Å². The molecule has 14 heteroatoms. The van der Waals surface area contributed by atoms with Gasteiger partial charge in [-0.2, -0.15) is 16.8 Å². The summed E-state index contributed by atoms with van der Waals surface area (Å²) >= 11 is 0. The number of β-amino-alcohol motifs (C(OH)–C–C–N with tert-alkyl or cyclic N) is 1. The minimum Gasteiger partial charge on any atom is -0.508 e. The Hall–Kier alpha value is -1.36. The maximum Gasteiger partial charge on any atom is 0.394 e. The van der Waals surface area contributed by atoms with Gasteiger partial charge >= 0.3 is 10.4 Å². The second-order valence-electron chi connectivity index (χ2n) is 6.72. The summed E-state index contributed by atoms with van der Waals surface area (Å²) in [5.41, 5.74) is 5.83. The first-order valence-electron chi connectivity index (χ1n) is 8.10. The van der Waals surface area contributed by atoms with E-state index >= 15 is 0 Å². The van der Waals surface area contributed by atoms with Gasteiger partial charge in [-0.1, -0.05) is 6.07 Å². The lowest BCUT2D eigenvalue weighted by molar-refractivity contribution is 0.163. The molecule has 1 rings (SSSR count). The fourth-order valence-corrected chi connectivity index (χ4v) is 1.91. The van der Waals surface area contributed by atoms with Crippen molar-refractivity contribution in [2.45, 2.75) is 39.0 Å². The third-order valence-electron chi connectivity index (χ3n) is 2.86. The number of aliphatic hydroxyl groups is 2. The molecule has 0 radical (unpaired) electrons. The van der Waals surface area contributed by atoms with Crippen molar-refractivity contribution in [3.05, 3.63) is 29.3 Å². The van der Waals surface area contributed by atoms with Gasteiger partial charge in [0.05, 0.1) is 18.5 Å². The van der Waals surface area contributed by atoms with Crippen LogP contribution >= 0.6 is 0 Å². The lowest BCUT2D eigenvalue weighted by atomic mass is 10.0. The molecular formula is C15H30N2O10S2. The zero-order valence-corrected chi connectivity index (χ0v) is 18.0. The van der Waals surface area contributed by atoms with E-state index in [1.54, 1.807) is 12.1 Å². The summed E-state index contributed by atoms with van der Waals surface area (Å²) in [6.07, 6.45) is -0.653. The second kappa shape index (κ2) is 13.0. The first kappa shape index (κ1) is 29.8. The van der Waals surface area contributed by atoms with Crippen molar-refractivity contribution in [1.82, 2.24) is 5.32 Å². The SMILES string of the molecule is CC(C)(C)NCC(O)c1ccc(O)c(CO)c1.NCCS(=O)(=O)O.O=S(=O)(O)O. The van der Waals surface area contributed by atoms with Gasteiger partial charge < -0.3 is 26.4 Å². The predicted molar refractivity (Wildman–Crippen MR) is 106 cm³/mol. The minimum absolute atomic E-state index is 0.0289. The van der Waals surface area contributed by atoms with E-state index in [0.717, 1.165) is 0 Å². The molecule has 0 saturated carbocycles. The summed E-state index contributed by atoms with van der Waals surface area (Å²) in [6.45, 7) is 6.23. The van der Waals surface area contributed by atoms with E-state index < -0.39 is 26.6 Å². The number of hydrogen-bond donors (Lipinski definition) is 8. The molecule has 0 aliphatic heterocycles. The topological polar surface area (TPSA) is 228 Å². The molecule has 1 atom stereocenters. The Balaban J connectivity index is 0. The average Bonchev–Trinajstić information content (AvgIpc) is 2.50. The van der Waals surface area contributed by atoms with Crippen LogP contribution in [0.4, 0.5) is 0 Å². The summed E-state index contributed by atoms with van der Waals surface area (Å²) in [5.74, 6) is -0.306. The van der Waals surface area contributed by atoms with E-state index in [2.05, 4.69) is 5.32 Å². The number of aliphatic hydroxyl groups excluding tert-OH is 2. The van der Waals surface area contributed by atoms with Crippen molar-refractivity contribution in [1.29, 1.82) is 0 Å². The Bertz CT molecular complexity index is 797. The van der Waals surface area contributed by atoms with E-state index in [1.807, 2.05) is 20.8 Å². The Labute approximate surface area is 170 Å². The number of nitrogens with one attached hydrogen (secondary N) is 1. The summed E-state index contributed by atoms with van der Waals surface area (Å²) in [4.78, 5) is 0. The first-order valence-corrected chi connectivity index (χ1v) is 11.1. The lowest BCUT2D eigenvalue weighted by Crippen LogP contribution is -2.38. The standard InChI is InChI=1S/C13H21NO3.C2H7NO3S.H2O4S/c1-13(2,3)14-7-12(17)9-4-5-11(16)10(6-9)8-15;3-1-2-7(4,5)6;1-5(2,3)4/h4-6,12,14-17H,7-8H2,1-3H3;1-3H2,(H,4,5,6);(H2,1,2,3,4). The van der Waals surface area contributed by atoms with Crippen LogP contribution in [0, 0.1) is 0 Å². The number of aromatic hydroxyl groups is 1. The van der Waals surface area contributed by atoms with E-state index in [1.165, 1.54) is 6.07 Å².